The SMILES string of the molecule is Cc1c(N)cccc1C(=O)N[C@@H](CCO)C(=O)O. The van der Waals surface area contributed by atoms with E-state index in [-0.39, 0.29) is 13.0 Å². The highest BCUT2D eigenvalue weighted by Crippen LogP contribution is 2.15. The van der Waals surface area contributed by atoms with Crippen LogP contribution in [0.5, 0.6) is 0 Å². The van der Waals surface area contributed by atoms with E-state index in [1.807, 2.05) is 0 Å². The molecule has 0 radical (unpaired) electrons. The number of nitrogens with one attached hydrogen (secondary N) is 1. The van der Waals surface area contributed by atoms with E-state index >= 15 is 0 Å². The highest BCUT2D eigenvalue weighted by Gasteiger charge is 2.21. The van der Waals surface area contributed by atoms with Crippen molar-refractivity contribution >= 4 is 17.6 Å². The largest absolute Gasteiger partial charge is 0.480 e. The molecule has 0 unspecified atom stereocenters. The van der Waals surface area contributed by atoms with Crippen molar-refractivity contribution in [1.82, 2.24) is 5.32 Å². The summed E-state index contributed by atoms with van der Waals surface area (Å²) in [6.45, 7) is 1.37. The summed E-state index contributed by atoms with van der Waals surface area (Å²) < 4.78 is 0. The Morgan fingerprint density at radius 2 is 2.11 bits per heavy atom. The zero-order chi connectivity index (χ0) is 13.7. The number of carboxylic acids is 1. The van der Waals surface area contributed by atoms with Crippen molar-refractivity contribution in [3.05, 3.63) is 29.3 Å². The van der Waals surface area contributed by atoms with E-state index in [0.717, 1.165) is 0 Å². The topological polar surface area (TPSA) is 113 Å². The van der Waals surface area contributed by atoms with E-state index in [1.54, 1.807) is 25.1 Å². The van der Waals surface area contributed by atoms with E-state index in [1.165, 1.54) is 0 Å². The van der Waals surface area contributed by atoms with Gasteiger partial charge in [0.2, 0.25) is 0 Å². The van der Waals surface area contributed by atoms with Crippen LogP contribution in [0.15, 0.2) is 18.2 Å². The number of benzene rings is 1. The molecule has 1 aromatic carbocycles. The Kier molecular flexibility index (Phi) is 4.67. The maximum atomic E-state index is 11.9. The molecule has 1 aromatic rings. The van der Waals surface area contributed by atoms with Crippen LogP contribution in [0.3, 0.4) is 0 Å². The summed E-state index contributed by atoms with van der Waals surface area (Å²) in [5, 5.41) is 20.0. The van der Waals surface area contributed by atoms with Crippen LogP contribution in [0.4, 0.5) is 5.69 Å². The molecular weight excluding hydrogens is 236 g/mol. The number of carbonyl (C=O) groups excluding carboxylic acids is 1. The van der Waals surface area contributed by atoms with Crippen LogP contribution in [0.2, 0.25) is 0 Å². The Labute approximate surface area is 104 Å². The Balaban J connectivity index is 2.87. The summed E-state index contributed by atoms with van der Waals surface area (Å²) >= 11 is 0. The van der Waals surface area contributed by atoms with Crippen LogP contribution in [-0.4, -0.2) is 34.7 Å². The van der Waals surface area contributed by atoms with Crippen molar-refractivity contribution in [2.45, 2.75) is 19.4 Å². The summed E-state index contributed by atoms with van der Waals surface area (Å²) in [7, 11) is 0. The van der Waals surface area contributed by atoms with E-state index in [9.17, 15) is 9.59 Å². The second-order valence-electron chi connectivity index (χ2n) is 3.90. The molecule has 0 aromatic heterocycles. The standard InChI is InChI=1S/C12H16N2O4/c1-7-8(3-2-4-9(7)13)11(16)14-10(5-6-15)12(17)18/h2-4,10,15H,5-6,13H2,1H3,(H,14,16)(H,17,18)/t10-/m0/s1. The third-order valence-electron chi connectivity index (χ3n) is 2.64. The number of aliphatic hydroxyl groups excluding tert-OH is 1. The van der Waals surface area contributed by atoms with Gasteiger partial charge in [0.15, 0.2) is 0 Å². The highest BCUT2D eigenvalue weighted by molar-refractivity contribution is 5.98. The van der Waals surface area contributed by atoms with Crippen molar-refractivity contribution < 1.29 is 19.8 Å². The summed E-state index contributed by atoms with van der Waals surface area (Å²) in [5.41, 5.74) is 7.07. The lowest BCUT2D eigenvalue weighted by molar-refractivity contribution is -0.139. The summed E-state index contributed by atoms with van der Waals surface area (Å²) in [6.07, 6.45) is -0.0392. The van der Waals surface area contributed by atoms with Crippen molar-refractivity contribution in [3.8, 4) is 0 Å². The van der Waals surface area contributed by atoms with Gasteiger partial charge in [-0.05, 0) is 24.6 Å². The number of anilines is 1. The number of nitrogen functional groups attached to an aromatic ring is 1. The maximum absolute atomic E-state index is 11.9. The lowest BCUT2D eigenvalue weighted by Gasteiger charge is -2.14. The number of aliphatic hydroxyl groups is 1. The number of carboxylic acid groups (broad SMARTS) is 1. The average molecular weight is 252 g/mol. The molecule has 1 amide bonds. The minimum atomic E-state index is -1.18. The second-order valence-corrected chi connectivity index (χ2v) is 3.90. The molecule has 0 saturated heterocycles. The van der Waals surface area contributed by atoms with Gasteiger partial charge in [0.1, 0.15) is 6.04 Å². The number of rotatable bonds is 5. The van der Waals surface area contributed by atoms with Crippen LogP contribution in [0, 0.1) is 6.92 Å². The van der Waals surface area contributed by atoms with Crippen LogP contribution >= 0.6 is 0 Å². The van der Waals surface area contributed by atoms with Crippen molar-refractivity contribution in [2.24, 2.45) is 0 Å². The molecule has 18 heavy (non-hydrogen) atoms. The fraction of sp³-hybridized carbons (Fsp3) is 0.333. The zero-order valence-corrected chi connectivity index (χ0v) is 10.0. The Morgan fingerprint density at radius 1 is 1.44 bits per heavy atom. The number of hydrogen-bond donors (Lipinski definition) is 4. The smallest absolute Gasteiger partial charge is 0.326 e. The lowest BCUT2D eigenvalue weighted by atomic mass is 10.1. The highest BCUT2D eigenvalue weighted by atomic mass is 16.4. The molecule has 0 spiro atoms. The number of amides is 1. The van der Waals surface area contributed by atoms with E-state index in [4.69, 9.17) is 15.9 Å². The molecule has 0 saturated carbocycles. The Bertz CT molecular complexity index is 459. The van der Waals surface area contributed by atoms with Gasteiger partial charge >= 0.3 is 5.97 Å². The molecule has 0 heterocycles. The number of nitrogens with two attached hydrogens (primary N) is 1. The van der Waals surface area contributed by atoms with Gasteiger partial charge < -0.3 is 21.3 Å². The summed E-state index contributed by atoms with van der Waals surface area (Å²) in [6, 6.07) is 3.75. The predicted octanol–water partition coefficient (Wildman–Crippen LogP) is 0.143. The summed E-state index contributed by atoms with van der Waals surface area (Å²) in [4.78, 5) is 22.8. The molecule has 1 rings (SSSR count). The predicted molar refractivity (Wildman–Crippen MR) is 66.2 cm³/mol. The second kappa shape index (κ2) is 6.02. The Morgan fingerprint density at radius 3 is 2.67 bits per heavy atom. The van der Waals surface area contributed by atoms with Gasteiger partial charge in [-0.2, -0.15) is 0 Å². The van der Waals surface area contributed by atoms with Gasteiger partial charge in [-0.1, -0.05) is 6.07 Å². The fourth-order valence-corrected chi connectivity index (χ4v) is 1.52. The van der Waals surface area contributed by atoms with Gasteiger partial charge in [0, 0.05) is 24.3 Å². The number of hydrogen-bond acceptors (Lipinski definition) is 4. The Hall–Kier alpha value is -2.08. The van der Waals surface area contributed by atoms with Gasteiger partial charge in [-0.25, -0.2) is 4.79 Å². The number of carbonyl (C=O) groups is 2. The third-order valence-corrected chi connectivity index (χ3v) is 2.64. The van der Waals surface area contributed by atoms with Crippen LogP contribution in [0.1, 0.15) is 22.3 Å². The molecule has 0 aliphatic heterocycles. The fourth-order valence-electron chi connectivity index (χ4n) is 1.52. The molecule has 1 atom stereocenters. The molecule has 0 fully saturated rings. The first-order valence-corrected chi connectivity index (χ1v) is 5.47. The van der Waals surface area contributed by atoms with Gasteiger partial charge in [0.05, 0.1) is 0 Å². The van der Waals surface area contributed by atoms with Crippen molar-refractivity contribution in [2.75, 3.05) is 12.3 Å². The molecule has 98 valence electrons. The monoisotopic (exact) mass is 252 g/mol. The van der Waals surface area contributed by atoms with E-state index in [2.05, 4.69) is 5.32 Å². The minimum absolute atomic E-state index is 0.0392. The quantitative estimate of drug-likeness (QED) is 0.557. The molecule has 5 N–H and O–H groups in total. The van der Waals surface area contributed by atoms with Gasteiger partial charge in [-0.15, -0.1) is 0 Å². The third kappa shape index (κ3) is 3.21. The number of aliphatic carboxylic acids is 1. The minimum Gasteiger partial charge on any atom is -0.480 e. The first-order valence-electron chi connectivity index (χ1n) is 5.47. The normalized spacial score (nSPS) is 11.9. The first kappa shape index (κ1) is 14.0. The molecular formula is C12H16N2O4. The molecule has 0 aliphatic rings. The van der Waals surface area contributed by atoms with E-state index in [0.29, 0.717) is 16.8 Å². The molecule has 0 bridgehead atoms. The van der Waals surface area contributed by atoms with Crippen molar-refractivity contribution in [3.63, 3.8) is 0 Å². The molecule has 0 aliphatic carbocycles. The average Bonchev–Trinajstić information content (AvgIpc) is 2.31. The zero-order valence-electron chi connectivity index (χ0n) is 10.0. The lowest BCUT2D eigenvalue weighted by Crippen LogP contribution is -2.41. The van der Waals surface area contributed by atoms with Crippen LogP contribution < -0.4 is 11.1 Å². The first-order chi connectivity index (χ1) is 8.47. The van der Waals surface area contributed by atoms with Crippen LogP contribution in [-0.2, 0) is 4.79 Å². The van der Waals surface area contributed by atoms with Gasteiger partial charge in [-0.3, -0.25) is 4.79 Å². The summed E-state index contributed by atoms with van der Waals surface area (Å²) in [5.74, 6) is -1.69. The van der Waals surface area contributed by atoms with Gasteiger partial charge in [0.25, 0.3) is 5.91 Å². The van der Waals surface area contributed by atoms with Crippen LogP contribution in [0.25, 0.3) is 0 Å². The molecule has 6 nitrogen and oxygen atoms in total. The van der Waals surface area contributed by atoms with Crippen molar-refractivity contribution in [1.29, 1.82) is 0 Å². The molecule has 6 heteroatoms. The van der Waals surface area contributed by atoms with E-state index < -0.39 is 17.9 Å². The maximum Gasteiger partial charge on any atom is 0.326 e.